The molecule has 0 saturated heterocycles. The minimum atomic E-state index is -3.19. The largest absolute Gasteiger partial charge is 0.312 e. The minimum Gasteiger partial charge on any atom is -0.312 e. The second kappa shape index (κ2) is 5.14. The summed E-state index contributed by atoms with van der Waals surface area (Å²) < 4.78 is 23.2. The summed E-state index contributed by atoms with van der Waals surface area (Å²) >= 11 is 0. The summed E-state index contributed by atoms with van der Waals surface area (Å²) in [5, 5.41) is 4.14. The molecule has 0 amide bonds. The molecular weight excluding hydrogens is 272 g/mol. The zero-order chi connectivity index (χ0) is 15.0. The van der Waals surface area contributed by atoms with Crippen LogP contribution in [0.4, 0.5) is 0 Å². The van der Waals surface area contributed by atoms with E-state index in [1.165, 1.54) is 6.26 Å². The zero-order valence-electron chi connectivity index (χ0n) is 12.2. The summed E-state index contributed by atoms with van der Waals surface area (Å²) in [6.45, 7) is 3.49. The maximum Gasteiger partial charge on any atom is 0.154 e. The lowest BCUT2D eigenvalue weighted by Gasteiger charge is -2.33. The van der Waals surface area contributed by atoms with Crippen LogP contribution in [-0.2, 0) is 9.84 Å². The SMILES string of the molecule is CNC(c1ccc2ncccc2c1)C(C)(C)S(C)(=O)=O. The molecule has 0 aliphatic rings. The second-order valence-corrected chi connectivity index (χ2v) is 8.15. The van der Waals surface area contributed by atoms with E-state index in [1.54, 1.807) is 27.1 Å². The summed E-state index contributed by atoms with van der Waals surface area (Å²) in [6, 6.07) is 9.43. The van der Waals surface area contributed by atoms with Gasteiger partial charge in [-0.2, -0.15) is 0 Å². The van der Waals surface area contributed by atoms with Crippen molar-refractivity contribution in [3.63, 3.8) is 0 Å². The number of nitrogens with zero attached hydrogens (tertiary/aromatic N) is 1. The molecule has 0 aliphatic heterocycles. The molecule has 2 aromatic rings. The van der Waals surface area contributed by atoms with E-state index in [-0.39, 0.29) is 6.04 Å². The van der Waals surface area contributed by atoms with E-state index in [0.717, 1.165) is 16.5 Å². The summed E-state index contributed by atoms with van der Waals surface area (Å²) in [5.74, 6) is 0. The molecule has 1 aromatic heterocycles. The Morgan fingerprint density at radius 3 is 2.55 bits per heavy atom. The quantitative estimate of drug-likeness (QED) is 0.939. The van der Waals surface area contributed by atoms with Crippen LogP contribution in [0.15, 0.2) is 36.5 Å². The molecule has 1 atom stereocenters. The van der Waals surface area contributed by atoms with Crippen LogP contribution in [0.1, 0.15) is 25.5 Å². The molecule has 20 heavy (non-hydrogen) atoms. The van der Waals surface area contributed by atoms with Crippen molar-refractivity contribution in [2.45, 2.75) is 24.6 Å². The average Bonchev–Trinajstić information content (AvgIpc) is 2.38. The van der Waals surface area contributed by atoms with Gasteiger partial charge >= 0.3 is 0 Å². The van der Waals surface area contributed by atoms with Gasteiger partial charge in [-0.3, -0.25) is 4.98 Å². The molecule has 1 unspecified atom stereocenters. The van der Waals surface area contributed by atoms with Gasteiger partial charge in [0.25, 0.3) is 0 Å². The van der Waals surface area contributed by atoms with Gasteiger partial charge in [-0.25, -0.2) is 8.42 Å². The van der Waals surface area contributed by atoms with Gasteiger partial charge in [0.2, 0.25) is 0 Å². The number of fused-ring (bicyclic) bond motifs is 1. The van der Waals surface area contributed by atoms with Gasteiger partial charge in [0.1, 0.15) is 0 Å². The van der Waals surface area contributed by atoms with Gasteiger partial charge in [-0.15, -0.1) is 0 Å². The van der Waals surface area contributed by atoms with Crippen molar-refractivity contribution in [1.29, 1.82) is 0 Å². The van der Waals surface area contributed by atoms with Crippen molar-refractivity contribution in [2.24, 2.45) is 0 Å². The van der Waals surface area contributed by atoms with Crippen LogP contribution in [0.5, 0.6) is 0 Å². The predicted octanol–water partition coefficient (Wildman–Crippen LogP) is 2.32. The molecule has 0 bridgehead atoms. The molecule has 1 aromatic carbocycles. The van der Waals surface area contributed by atoms with E-state index in [0.29, 0.717) is 0 Å². The maximum absolute atomic E-state index is 12.0. The molecule has 4 nitrogen and oxygen atoms in total. The highest BCUT2D eigenvalue weighted by Crippen LogP contribution is 2.33. The number of nitrogens with one attached hydrogen (secondary N) is 1. The number of rotatable bonds is 4. The Morgan fingerprint density at radius 2 is 1.95 bits per heavy atom. The second-order valence-electron chi connectivity index (χ2n) is 5.55. The number of sulfone groups is 1. The highest BCUT2D eigenvalue weighted by Gasteiger charge is 2.39. The topological polar surface area (TPSA) is 59.1 Å². The predicted molar refractivity (Wildman–Crippen MR) is 82.5 cm³/mol. The van der Waals surface area contributed by atoms with Gasteiger partial charge in [0.05, 0.1) is 16.3 Å². The summed E-state index contributed by atoms with van der Waals surface area (Å²) in [4.78, 5) is 4.28. The molecule has 0 aliphatic carbocycles. The van der Waals surface area contributed by atoms with E-state index >= 15 is 0 Å². The Labute approximate surface area is 120 Å². The molecule has 0 fully saturated rings. The number of hydrogen-bond donors (Lipinski definition) is 1. The third-order valence-electron chi connectivity index (χ3n) is 3.90. The first-order valence-electron chi connectivity index (χ1n) is 6.49. The fraction of sp³-hybridized carbons (Fsp3) is 0.400. The van der Waals surface area contributed by atoms with E-state index in [9.17, 15) is 8.42 Å². The normalized spacial score (nSPS) is 14.4. The van der Waals surface area contributed by atoms with E-state index in [4.69, 9.17) is 0 Å². The first kappa shape index (κ1) is 14.9. The third-order valence-corrected chi connectivity index (χ3v) is 6.05. The molecule has 1 N–H and O–H groups in total. The Bertz CT molecular complexity index is 723. The summed E-state index contributed by atoms with van der Waals surface area (Å²) in [7, 11) is -1.41. The van der Waals surface area contributed by atoms with E-state index < -0.39 is 14.6 Å². The number of benzene rings is 1. The molecule has 0 spiro atoms. The summed E-state index contributed by atoms with van der Waals surface area (Å²) in [5.41, 5.74) is 1.85. The van der Waals surface area contributed by atoms with Gasteiger partial charge in [-0.1, -0.05) is 12.1 Å². The maximum atomic E-state index is 12.0. The summed E-state index contributed by atoms with van der Waals surface area (Å²) in [6.07, 6.45) is 3.03. The molecule has 2 rings (SSSR count). The fourth-order valence-corrected chi connectivity index (χ4v) is 3.09. The van der Waals surface area contributed by atoms with Crippen molar-refractivity contribution in [1.82, 2.24) is 10.3 Å². The van der Waals surface area contributed by atoms with Gasteiger partial charge < -0.3 is 5.32 Å². The van der Waals surface area contributed by atoms with Crippen molar-refractivity contribution in [3.8, 4) is 0 Å². The Hall–Kier alpha value is -1.46. The van der Waals surface area contributed by atoms with Gasteiger partial charge in [0, 0.05) is 17.8 Å². The van der Waals surface area contributed by atoms with Gasteiger partial charge in [0.15, 0.2) is 9.84 Å². The highest BCUT2D eigenvalue weighted by atomic mass is 32.2. The van der Waals surface area contributed by atoms with Crippen molar-refractivity contribution in [2.75, 3.05) is 13.3 Å². The van der Waals surface area contributed by atoms with Crippen LogP contribution in [0, 0.1) is 0 Å². The van der Waals surface area contributed by atoms with Crippen LogP contribution < -0.4 is 5.32 Å². The van der Waals surface area contributed by atoms with Gasteiger partial charge in [-0.05, 0) is 44.7 Å². The first-order valence-corrected chi connectivity index (χ1v) is 8.38. The molecule has 0 radical (unpaired) electrons. The average molecular weight is 292 g/mol. The lowest BCUT2D eigenvalue weighted by atomic mass is 9.94. The molecular formula is C15H20N2O2S. The van der Waals surface area contributed by atoms with Crippen LogP contribution in [0.2, 0.25) is 0 Å². The van der Waals surface area contributed by atoms with Crippen LogP contribution in [0.25, 0.3) is 10.9 Å². The standard InChI is InChI=1S/C15H20N2O2S/c1-15(2,20(4,18)19)14(16-3)12-7-8-13-11(10-12)6-5-9-17-13/h5-10,14,16H,1-4H3. The third kappa shape index (κ3) is 2.55. The lowest BCUT2D eigenvalue weighted by molar-refractivity contribution is 0.446. The molecule has 0 saturated carbocycles. The van der Waals surface area contributed by atoms with Crippen LogP contribution >= 0.6 is 0 Å². The van der Waals surface area contributed by atoms with E-state index in [2.05, 4.69) is 10.3 Å². The smallest absolute Gasteiger partial charge is 0.154 e. The highest BCUT2D eigenvalue weighted by molar-refractivity contribution is 7.92. The fourth-order valence-electron chi connectivity index (χ4n) is 2.40. The lowest BCUT2D eigenvalue weighted by Crippen LogP contribution is -2.43. The Morgan fingerprint density at radius 1 is 1.25 bits per heavy atom. The monoisotopic (exact) mass is 292 g/mol. The minimum absolute atomic E-state index is 0.276. The number of hydrogen-bond acceptors (Lipinski definition) is 4. The Kier molecular flexibility index (Phi) is 3.84. The van der Waals surface area contributed by atoms with Crippen molar-refractivity contribution in [3.05, 3.63) is 42.1 Å². The Balaban J connectivity index is 2.55. The van der Waals surface area contributed by atoms with Crippen molar-refractivity contribution < 1.29 is 8.42 Å². The number of aromatic nitrogens is 1. The molecule has 5 heteroatoms. The zero-order valence-corrected chi connectivity index (χ0v) is 13.0. The first-order chi connectivity index (χ1) is 9.27. The van der Waals surface area contributed by atoms with E-state index in [1.807, 2.05) is 30.3 Å². The van der Waals surface area contributed by atoms with Crippen LogP contribution in [0.3, 0.4) is 0 Å². The molecule has 1 heterocycles. The van der Waals surface area contributed by atoms with Crippen LogP contribution in [-0.4, -0.2) is 31.5 Å². The van der Waals surface area contributed by atoms with Crippen molar-refractivity contribution >= 4 is 20.7 Å². The number of pyridine rings is 1. The molecule has 108 valence electrons.